The topological polar surface area (TPSA) is 20.3 Å². The number of halogens is 2. The zero-order valence-corrected chi connectivity index (χ0v) is 15.9. The van der Waals surface area contributed by atoms with E-state index in [9.17, 15) is 4.79 Å². The Kier molecular flexibility index (Phi) is 5.83. The smallest absolute Gasteiger partial charge is 0.170 e. The van der Waals surface area contributed by atoms with Crippen molar-refractivity contribution in [3.05, 3.63) is 55.7 Å². The van der Waals surface area contributed by atoms with Crippen molar-refractivity contribution in [2.24, 2.45) is 0 Å². The molecule has 0 bridgehead atoms. The van der Waals surface area contributed by atoms with Gasteiger partial charge in [-0.1, -0.05) is 30.3 Å². The summed E-state index contributed by atoms with van der Waals surface area (Å²) < 4.78 is 1.02. The average molecular weight is 401 g/mol. The molecule has 1 aromatic carbocycles. The van der Waals surface area contributed by atoms with Crippen molar-refractivity contribution in [2.75, 3.05) is 20.1 Å². The molecule has 0 fully saturated rings. The van der Waals surface area contributed by atoms with E-state index in [4.69, 9.17) is 0 Å². The van der Waals surface area contributed by atoms with E-state index in [-0.39, 0.29) is 18.2 Å². The van der Waals surface area contributed by atoms with Crippen molar-refractivity contribution in [1.29, 1.82) is 0 Å². The fraction of sp³-hybridized carbons (Fsp3) is 0.353. The molecular weight excluding hydrogens is 382 g/mol. The van der Waals surface area contributed by atoms with E-state index >= 15 is 0 Å². The first kappa shape index (κ1) is 17.7. The van der Waals surface area contributed by atoms with Gasteiger partial charge >= 0.3 is 0 Å². The van der Waals surface area contributed by atoms with E-state index < -0.39 is 0 Å². The van der Waals surface area contributed by atoms with Crippen molar-refractivity contribution in [3.8, 4) is 0 Å². The number of hydrogen-bond donors (Lipinski definition) is 0. The molecule has 5 heteroatoms. The molecule has 0 aliphatic carbocycles. The Hall–Kier alpha value is -0.680. The van der Waals surface area contributed by atoms with Gasteiger partial charge in [0.1, 0.15) is 0 Å². The second-order valence-electron chi connectivity index (χ2n) is 5.62. The van der Waals surface area contributed by atoms with Gasteiger partial charge in [0.05, 0.1) is 4.88 Å². The van der Waals surface area contributed by atoms with Gasteiger partial charge in [0.15, 0.2) is 5.78 Å². The van der Waals surface area contributed by atoms with E-state index in [1.54, 1.807) is 18.3 Å². The third kappa shape index (κ3) is 3.30. The lowest BCUT2D eigenvalue weighted by Gasteiger charge is -2.20. The predicted molar refractivity (Wildman–Crippen MR) is 98.8 cm³/mol. The van der Waals surface area contributed by atoms with Crippen LogP contribution in [0.2, 0.25) is 0 Å². The van der Waals surface area contributed by atoms with Crippen LogP contribution in [-0.4, -0.2) is 30.8 Å². The Balaban J connectivity index is 0.00000176. The Morgan fingerprint density at radius 1 is 1.32 bits per heavy atom. The van der Waals surface area contributed by atoms with Gasteiger partial charge < -0.3 is 4.90 Å². The van der Waals surface area contributed by atoms with Crippen LogP contribution in [0.1, 0.15) is 38.5 Å². The van der Waals surface area contributed by atoms with Gasteiger partial charge in [-0.25, -0.2) is 0 Å². The second-order valence-corrected chi connectivity index (χ2v) is 7.46. The van der Waals surface area contributed by atoms with Gasteiger partial charge in [0.25, 0.3) is 0 Å². The highest BCUT2D eigenvalue weighted by atomic mass is 79.9. The number of hydrogen-bond acceptors (Lipinski definition) is 3. The first-order chi connectivity index (χ1) is 10.1. The van der Waals surface area contributed by atoms with Crippen LogP contribution in [0, 0.1) is 0 Å². The monoisotopic (exact) mass is 399 g/mol. The molecule has 0 saturated heterocycles. The van der Waals surface area contributed by atoms with Gasteiger partial charge in [-0.3, -0.25) is 4.79 Å². The van der Waals surface area contributed by atoms with E-state index in [0.29, 0.717) is 5.92 Å². The molecule has 1 atom stereocenters. The Bertz CT molecular complexity index is 671. The molecule has 0 amide bonds. The average Bonchev–Trinajstić information content (AvgIpc) is 2.70. The summed E-state index contributed by atoms with van der Waals surface area (Å²) in [4.78, 5) is 16.4. The third-order valence-corrected chi connectivity index (χ3v) is 6.63. The molecule has 3 rings (SSSR count). The van der Waals surface area contributed by atoms with Crippen LogP contribution < -0.4 is 0 Å². The molecule has 0 spiro atoms. The van der Waals surface area contributed by atoms with Crippen LogP contribution in [0.25, 0.3) is 0 Å². The highest BCUT2D eigenvalue weighted by molar-refractivity contribution is 9.10. The van der Waals surface area contributed by atoms with Crippen LogP contribution >= 0.6 is 39.7 Å². The highest BCUT2D eigenvalue weighted by Crippen LogP contribution is 2.42. The van der Waals surface area contributed by atoms with Crippen molar-refractivity contribution >= 4 is 45.5 Å². The Morgan fingerprint density at radius 3 is 2.64 bits per heavy atom. The largest absolute Gasteiger partial charge is 0.305 e. The molecule has 2 nitrogen and oxygen atoms in total. The lowest BCUT2D eigenvalue weighted by atomic mass is 9.95. The van der Waals surface area contributed by atoms with Crippen molar-refractivity contribution in [1.82, 2.24) is 4.90 Å². The number of rotatable bonds is 2. The normalized spacial score (nSPS) is 18.2. The number of benzene rings is 1. The minimum Gasteiger partial charge on any atom is -0.305 e. The van der Waals surface area contributed by atoms with Crippen molar-refractivity contribution < 1.29 is 4.79 Å². The summed E-state index contributed by atoms with van der Waals surface area (Å²) in [6, 6.07) is 10.6. The number of carbonyl (C=O) groups is 1. The van der Waals surface area contributed by atoms with Crippen molar-refractivity contribution in [2.45, 2.75) is 19.3 Å². The van der Waals surface area contributed by atoms with Crippen LogP contribution in [0.5, 0.6) is 0 Å². The molecule has 2 heterocycles. The highest BCUT2D eigenvalue weighted by Gasteiger charge is 2.29. The van der Waals surface area contributed by atoms with E-state index in [2.05, 4.69) is 58.2 Å². The van der Waals surface area contributed by atoms with E-state index in [1.807, 2.05) is 0 Å². The number of Topliss-reactive ketones (excluding diaryl/α,β-unsaturated/α-hetero) is 1. The number of thiophene rings is 1. The van der Waals surface area contributed by atoms with Crippen LogP contribution in [0.3, 0.4) is 0 Å². The van der Waals surface area contributed by atoms with Crippen molar-refractivity contribution in [3.63, 3.8) is 0 Å². The quantitative estimate of drug-likeness (QED) is 0.678. The number of carbonyl (C=O) groups excluding carboxylic acids is 1. The number of ketones is 1. The SMILES string of the molecule is CC(=O)c1sc2c(c1Br)CCN(C)CC2c1ccccc1.Cl. The number of likely N-dealkylation sites (N-methyl/N-ethyl adjacent to an activating group) is 1. The Labute approximate surface area is 150 Å². The summed E-state index contributed by atoms with van der Waals surface area (Å²) in [5, 5.41) is 0. The summed E-state index contributed by atoms with van der Waals surface area (Å²) in [6.07, 6.45) is 1.000. The minimum atomic E-state index is 0. The summed E-state index contributed by atoms with van der Waals surface area (Å²) in [6.45, 7) is 3.68. The second kappa shape index (κ2) is 7.26. The minimum absolute atomic E-state index is 0. The number of nitrogens with zero attached hydrogens (tertiary/aromatic N) is 1. The standard InChI is InChI=1S/C17H18BrNOS.ClH/c1-11(20)16-15(18)13-8-9-19(2)10-14(17(13)21-16)12-6-4-3-5-7-12;/h3-7,14H,8-10H2,1-2H3;1H. The summed E-state index contributed by atoms with van der Waals surface area (Å²) in [7, 11) is 2.17. The molecule has 22 heavy (non-hydrogen) atoms. The van der Waals surface area contributed by atoms with Gasteiger partial charge in [0, 0.05) is 28.4 Å². The fourth-order valence-corrected chi connectivity index (χ4v) is 5.25. The first-order valence-electron chi connectivity index (χ1n) is 7.13. The summed E-state index contributed by atoms with van der Waals surface area (Å²) in [5.41, 5.74) is 2.65. The third-order valence-electron chi connectivity index (χ3n) is 4.05. The van der Waals surface area contributed by atoms with Gasteiger partial charge in [-0.15, -0.1) is 23.7 Å². The molecule has 0 radical (unpaired) electrons. The molecule has 118 valence electrons. The van der Waals surface area contributed by atoms with E-state index in [1.165, 1.54) is 16.0 Å². The molecular formula is C17H19BrClNOS. The lowest BCUT2D eigenvalue weighted by molar-refractivity contribution is 0.102. The van der Waals surface area contributed by atoms with E-state index in [0.717, 1.165) is 28.9 Å². The molecule has 0 saturated carbocycles. The molecule has 2 aromatic rings. The zero-order chi connectivity index (χ0) is 15.0. The Morgan fingerprint density at radius 2 is 2.00 bits per heavy atom. The molecule has 0 N–H and O–H groups in total. The maximum atomic E-state index is 11.8. The molecule has 1 aliphatic heterocycles. The van der Waals surface area contributed by atoms with Crippen LogP contribution in [-0.2, 0) is 6.42 Å². The number of fused-ring (bicyclic) bond motifs is 1. The maximum Gasteiger partial charge on any atom is 0.170 e. The molecule has 1 unspecified atom stereocenters. The van der Waals surface area contributed by atoms with Gasteiger partial charge in [-0.2, -0.15) is 0 Å². The molecule has 1 aromatic heterocycles. The summed E-state index contributed by atoms with van der Waals surface area (Å²) >= 11 is 5.33. The molecule has 1 aliphatic rings. The van der Waals surface area contributed by atoms with Crippen LogP contribution in [0.15, 0.2) is 34.8 Å². The lowest BCUT2D eigenvalue weighted by Crippen LogP contribution is -2.24. The fourth-order valence-electron chi connectivity index (χ4n) is 2.93. The first-order valence-corrected chi connectivity index (χ1v) is 8.74. The zero-order valence-electron chi connectivity index (χ0n) is 12.6. The predicted octanol–water partition coefficient (Wildman–Crippen LogP) is 4.75. The van der Waals surface area contributed by atoms with Gasteiger partial charge in [-0.05, 0) is 47.4 Å². The maximum absolute atomic E-state index is 11.8. The van der Waals surface area contributed by atoms with Crippen LogP contribution in [0.4, 0.5) is 0 Å². The summed E-state index contributed by atoms with van der Waals surface area (Å²) in [5.74, 6) is 0.503. The van der Waals surface area contributed by atoms with Gasteiger partial charge in [0.2, 0.25) is 0 Å².